The van der Waals surface area contributed by atoms with Gasteiger partial charge in [0.2, 0.25) is 0 Å². The highest BCUT2D eigenvalue weighted by Crippen LogP contribution is 2.17. The van der Waals surface area contributed by atoms with Crippen LogP contribution in [0.2, 0.25) is 0 Å². The van der Waals surface area contributed by atoms with Crippen LogP contribution in [-0.2, 0) is 4.74 Å². The number of ether oxygens (including phenoxy) is 1. The molecule has 0 radical (unpaired) electrons. The zero-order chi connectivity index (χ0) is 14.5. The van der Waals surface area contributed by atoms with Crippen LogP contribution in [0.15, 0.2) is 24.3 Å². The minimum Gasteiger partial charge on any atom is -0.376 e. The molecule has 0 bridgehead atoms. The lowest BCUT2D eigenvalue weighted by atomic mass is 10.1. The molecule has 1 heterocycles. The van der Waals surface area contributed by atoms with Crippen molar-refractivity contribution in [2.24, 2.45) is 0 Å². The minimum absolute atomic E-state index is 0.0800. The van der Waals surface area contributed by atoms with Crippen molar-refractivity contribution in [3.63, 3.8) is 0 Å². The smallest absolute Gasteiger partial charge is 0.319 e. The highest BCUT2D eigenvalue weighted by molar-refractivity contribution is 5.89. The number of hydrogen-bond acceptors (Lipinski definition) is 3. The van der Waals surface area contributed by atoms with E-state index in [1.165, 1.54) is 0 Å². The molecule has 110 valence electrons. The summed E-state index contributed by atoms with van der Waals surface area (Å²) >= 11 is 0. The Balaban J connectivity index is 1.93. The molecule has 0 spiro atoms. The molecular formula is C15H23N3O2. The molecule has 0 aliphatic carbocycles. The third-order valence-corrected chi connectivity index (χ3v) is 3.77. The molecule has 3 atom stereocenters. The third kappa shape index (κ3) is 3.71. The number of carbonyl (C=O) groups is 1. The van der Waals surface area contributed by atoms with Gasteiger partial charge < -0.3 is 20.7 Å². The Morgan fingerprint density at radius 2 is 2.25 bits per heavy atom. The highest BCUT2D eigenvalue weighted by Gasteiger charge is 2.25. The summed E-state index contributed by atoms with van der Waals surface area (Å²) in [5.74, 6) is 0. The minimum atomic E-state index is -0.179. The van der Waals surface area contributed by atoms with E-state index in [9.17, 15) is 4.79 Å². The van der Waals surface area contributed by atoms with Gasteiger partial charge in [0.05, 0.1) is 12.1 Å². The fourth-order valence-electron chi connectivity index (χ4n) is 2.31. The van der Waals surface area contributed by atoms with Crippen molar-refractivity contribution in [2.75, 3.05) is 19.0 Å². The molecule has 1 aliphatic rings. The lowest BCUT2D eigenvalue weighted by Crippen LogP contribution is -2.41. The summed E-state index contributed by atoms with van der Waals surface area (Å²) < 4.78 is 5.43. The van der Waals surface area contributed by atoms with E-state index in [0.717, 1.165) is 17.7 Å². The Kier molecular flexibility index (Phi) is 4.98. The number of nitrogens with one attached hydrogen (secondary N) is 3. The van der Waals surface area contributed by atoms with Crippen molar-refractivity contribution in [2.45, 2.75) is 38.5 Å². The van der Waals surface area contributed by atoms with Gasteiger partial charge in [0.1, 0.15) is 0 Å². The molecular weight excluding hydrogens is 254 g/mol. The summed E-state index contributed by atoms with van der Waals surface area (Å²) in [4.78, 5) is 12.0. The molecule has 2 amide bonds. The van der Waals surface area contributed by atoms with Crippen LogP contribution in [-0.4, -0.2) is 31.8 Å². The van der Waals surface area contributed by atoms with Gasteiger partial charge in [-0.25, -0.2) is 4.79 Å². The Morgan fingerprint density at radius 3 is 2.90 bits per heavy atom. The second-order valence-electron chi connectivity index (χ2n) is 5.21. The van der Waals surface area contributed by atoms with E-state index in [4.69, 9.17) is 4.74 Å². The first kappa shape index (κ1) is 14.8. The van der Waals surface area contributed by atoms with Crippen LogP contribution in [0.3, 0.4) is 0 Å². The lowest BCUT2D eigenvalue weighted by molar-refractivity contribution is 0.114. The van der Waals surface area contributed by atoms with Gasteiger partial charge in [0.25, 0.3) is 0 Å². The van der Waals surface area contributed by atoms with Crippen molar-refractivity contribution in [3.05, 3.63) is 29.8 Å². The first-order valence-electron chi connectivity index (χ1n) is 7.06. The van der Waals surface area contributed by atoms with Crippen molar-refractivity contribution in [1.29, 1.82) is 0 Å². The van der Waals surface area contributed by atoms with Gasteiger partial charge in [0, 0.05) is 18.3 Å². The normalized spacial score (nSPS) is 23.4. The standard InChI is InChI=1S/C15H23N3O2/c1-10(16-3)12-5-4-6-13(9-12)17-15(19)18-14-7-8-20-11(14)2/h4-6,9-11,14,16H,7-8H2,1-3H3,(H2,17,18,19). The maximum Gasteiger partial charge on any atom is 0.319 e. The number of amides is 2. The molecule has 0 aromatic heterocycles. The van der Waals surface area contributed by atoms with Gasteiger partial charge in [-0.15, -0.1) is 0 Å². The van der Waals surface area contributed by atoms with E-state index in [0.29, 0.717) is 6.61 Å². The summed E-state index contributed by atoms with van der Waals surface area (Å²) in [6.45, 7) is 4.77. The van der Waals surface area contributed by atoms with Crippen molar-refractivity contribution in [1.82, 2.24) is 10.6 Å². The Bertz CT molecular complexity index is 464. The summed E-state index contributed by atoms with van der Waals surface area (Å²) in [5, 5.41) is 9.01. The number of urea groups is 1. The van der Waals surface area contributed by atoms with E-state index in [-0.39, 0.29) is 24.2 Å². The number of anilines is 1. The zero-order valence-electron chi connectivity index (χ0n) is 12.3. The molecule has 1 aromatic rings. The Hall–Kier alpha value is -1.59. The SMILES string of the molecule is CNC(C)c1cccc(NC(=O)NC2CCOC2C)c1. The van der Waals surface area contributed by atoms with Gasteiger partial charge in [-0.3, -0.25) is 0 Å². The van der Waals surface area contributed by atoms with Gasteiger partial charge in [-0.1, -0.05) is 12.1 Å². The molecule has 20 heavy (non-hydrogen) atoms. The molecule has 3 unspecified atom stereocenters. The van der Waals surface area contributed by atoms with Crippen LogP contribution >= 0.6 is 0 Å². The predicted molar refractivity (Wildman–Crippen MR) is 79.9 cm³/mol. The van der Waals surface area contributed by atoms with Gasteiger partial charge in [0.15, 0.2) is 0 Å². The fraction of sp³-hybridized carbons (Fsp3) is 0.533. The average Bonchev–Trinajstić information content (AvgIpc) is 2.83. The third-order valence-electron chi connectivity index (χ3n) is 3.77. The number of hydrogen-bond donors (Lipinski definition) is 3. The van der Waals surface area contributed by atoms with Crippen LogP contribution in [0.25, 0.3) is 0 Å². The fourth-order valence-corrected chi connectivity index (χ4v) is 2.31. The number of carbonyl (C=O) groups excluding carboxylic acids is 1. The topological polar surface area (TPSA) is 62.4 Å². The quantitative estimate of drug-likeness (QED) is 0.791. The van der Waals surface area contributed by atoms with Crippen LogP contribution in [0.1, 0.15) is 31.9 Å². The Labute approximate surface area is 120 Å². The maximum absolute atomic E-state index is 12.0. The largest absolute Gasteiger partial charge is 0.376 e. The molecule has 2 rings (SSSR count). The maximum atomic E-state index is 12.0. The average molecular weight is 277 g/mol. The van der Waals surface area contributed by atoms with Crippen molar-refractivity contribution < 1.29 is 9.53 Å². The van der Waals surface area contributed by atoms with Crippen molar-refractivity contribution in [3.8, 4) is 0 Å². The van der Waals surface area contributed by atoms with E-state index in [1.54, 1.807) is 0 Å². The molecule has 1 saturated heterocycles. The predicted octanol–water partition coefficient (Wildman–Crippen LogP) is 2.27. The van der Waals surface area contributed by atoms with Gasteiger partial charge >= 0.3 is 6.03 Å². The van der Waals surface area contributed by atoms with Crippen LogP contribution < -0.4 is 16.0 Å². The second kappa shape index (κ2) is 6.72. The van der Waals surface area contributed by atoms with Gasteiger partial charge in [-0.2, -0.15) is 0 Å². The Morgan fingerprint density at radius 1 is 1.45 bits per heavy atom. The summed E-state index contributed by atoms with van der Waals surface area (Å²) in [5.41, 5.74) is 1.94. The summed E-state index contributed by atoms with van der Waals surface area (Å²) in [7, 11) is 1.92. The molecule has 1 aliphatic heterocycles. The first-order chi connectivity index (χ1) is 9.60. The molecule has 0 saturated carbocycles. The van der Waals surface area contributed by atoms with E-state index < -0.39 is 0 Å². The molecule has 3 N–H and O–H groups in total. The zero-order valence-corrected chi connectivity index (χ0v) is 12.3. The summed E-state index contributed by atoms with van der Waals surface area (Å²) in [6, 6.07) is 8.02. The van der Waals surface area contributed by atoms with Crippen LogP contribution in [0, 0.1) is 0 Å². The molecule has 1 fully saturated rings. The molecule has 5 nitrogen and oxygen atoms in total. The van der Waals surface area contributed by atoms with E-state index in [2.05, 4.69) is 22.9 Å². The lowest BCUT2D eigenvalue weighted by Gasteiger charge is -2.17. The number of benzene rings is 1. The van der Waals surface area contributed by atoms with Crippen LogP contribution in [0.5, 0.6) is 0 Å². The first-order valence-corrected chi connectivity index (χ1v) is 7.06. The van der Waals surface area contributed by atoms with Crippen molar-refractivity contribution >= 4 is 11.7 Å². The molecule has 1 aromatic carbocycles. The summed E-state index contributed by atoms with van der Waals surface area (Å²) in [6.07, 6.45) is 0.946. The van der Waals surface area contributed by atoms with Crippen LogP contribution in [0.4, 0.5) is 10.5 Å². The van der Waals surface area contributed by atoms with E-state index >= 15 is 0 Å². The monoisotopic (exact) mass is 277 g/mol. The number of rotatable bonds is 4. The second-order valence-corrected chi connectivity index (χ2v) is 5.21. The van der Waals surface area contributed by atoms with E-state index in [1.807, 2.05) is 38.2 Å². The molecule has 5 heteroatoms. The highest BCUT2D eigenvalue weighted by atomic mass is 16.5. The van der Waals surface area contributed by atoms with Gasteiger partial charge in [-0.05, 0) is 45.0 Å².